The summed E-state index contributed by atoms with van der Waals surface area (Å²) in [6, 6.07) is 0.308. The molecule has 8 heteroatoms. The number of rotatable bonds is 2. The second-order valence-corrected chi connectivity index (χ2v) is 8.25. The molecule has 1 saturated heterocycles. The van der Waals surface area contributed by atoms with E-state index in [0.29, 0.717) is 30.5 Å². The highest BCUT2D eigenvalue weighted by Gasteiger charge is 2.58. The van der Waals surface area contributed by atoms with E-state index in [1.807, 2.05) is 4.90 Å². The molecule has 5 nitrogen and oxygen atoms in total. The molecule has 1 aromatic heterocycles. The normalized spacial score (nSPS) is 36.2. The average molecular weight is 355 g/mol. The number of hydrogen-bond acceptors (Lipinski definition) is 5. The summed E-state index contributed by atoms with van der Waals surface area (Å²) >= 11 is 0. The molecule has 25 heavy (non-hydrogen) atoms. The van der Waals surface area contributed by atoms with Crippen LogP contribution < -0.4 is 16.4 Å². The van der Waals surface area contributed by atoms with Crippen molar-refractivity contribution in [2.75, 3.05) is 18.0 Å². The first kappa shape index (κ1) is 17.0. The molecule has 1 spiro atoms. The van der Waals surface area contributed by atoms with Gasteiger partial charge in [0.1, 0.15) is 0 Å². The monoisotopic (exact) mass is 355 g/mol. The number of aromatic nitrogens is 2. The van der Waals surface area contributed by atoms with Gasteiger partial charge in [-0.3, -0.25) is 0 Å². The minimum Gasteiger partial charge on any atom is -0.341 e. The maximum atomic E-state index is 12.7. The predicted octanol–water partition coefficient (Wildman–Crippen LogP) is 2.31. The van der Waals surface area contributed by atoms with Gasteiger partial charge < -0.3 is 16.4 Å². The van der Waals surface area contributed by atoms with Crippen molar-refractivity contribution in [3.8, 4) is 0 Å². The standard InChI is InChI=1S/C17H24F3N5/c18-17(19,20)11-1-3-25(4-2-11)14-23-7-12(8-24-14)16(22)9-15(10-16)5-13(21)6-15/h7-8,11,13H,1-6,9-10,21-22H2. The van der Waals surface area contributed by atoms with Crippen molar-refractivity contribution in [2.24, 2.45) is 22.8 Å². The lowest BCUT2D eigenvalue weighted by Crippen LogP contribution is -2.63. The van der Waals surface area contributed by atoms with Crippen LogP contribution in [0.15, 0.2) is 12.4 Å². The Hall–Kier alpha value is -1.41. The number of piperidine rings is 1. The minimum absolute atomic E-state index is 0.0954. The van der Waals surface area contributed by atoms with Gasteiger partial charge in [-0.2, -0.15) is 13.2 Å². The van der Waals surface area contributed by atoms with Crippen LogP contribution in [0.25, 0.3) is 0 Å². The third kappa shape index (κ3) is 2.99. The second-order valence-electron chi connectivity index (χ2n) is 8.25. The molecule has 4 N–H and O–H groups in total. The van der Waals surface area contributed by atoms with Crippen LogP contribution in [-0.4, -0.2) is 35.3 Å². The second kappa shape index (κ2) is 5.54. The Balaban J connectivity index is 1.37. The van der Waals surface area contributed by atoms with E-state index in [4.69, 9.17) is 11.5 Å². The molecular weight excluding hydrogens is 331 g/mol. The van der Waals surface area contributed by atoms with E-state index in [1.165, 1.54) is 0 Å². The molecule has 0 amide bonds. The molecule has 0 aromatic carbocycles. The maximum absolute atomic E-state index is 12.7. The van der Waals surface area contributed by atoms with Crippen molar-refractivity contribution >= 4 is 5.95 Å². The van der Waals surface area contributed by atoms with E-state index in [1.54, 1.807) is 12.4 Å². The van der Waals surface area contributed by atoms with Crippen LogP contribution in [0.2, 0.25) is 0 Å². The number of nitrogens with zero attached hydrogens (tertiary/aromatic N) is 3. The zero-order valence-corrected chi connectivity index (χ0v) is 14.1. The minimum atomic E-state index is -4.10. The lowest BCUT2D eigenvalue weighted by atomic mass is 9.46. The summed E-state index contributed by atoms with van der Waals surface area (Å²) in [5, 5.41) is 0. The number of hydrogen-bond donors (Lipinski definition) is 2. The summed E-state index contributed by atoms with van der Waals surface area (Å²) in [6.07, 6.45) is 3.47. The van der Waals surface area contributed by atoms with Crippen LogP contribution >= 0.6 is 0 Å². The van der Waals surface area contributed by atoms with Gasteiger partial charge in [0.2, 0.25) is 5.95 Å². The maximum Gasteiger partial charge on any atom is 0.391 e. The van der Waals surface area contributed by atoms with Gasteiger partial charge in [0.15, 0.2) is 0 Å². The fourth-order valence-corrected chi connectivity index (χ4v) is 4.98. The number of alkyl halides is 3. The summed E-state index contributed by atoms with van der Waals surface area (Å²) in [6.45, 7) is 0.663. The van der Waals surface area contributed by atoms with Gasteiger partial charge in [-0.25, -0.2) is 9.97 Å². The molecule has 2 saturated carbocycles. The Morgan fingerprint density at radius 1 is 1.08 bits per heavy atom. The van der Waals surface area contributed by atoms with Gasteiger partial charge in [-0.15, -0.1) is 0 Å². The highest BCUT2D eigenvalue weighted by atomic mass is 19.4. The van der Waals surface area contributed by atoms with Gasteiger partial charge in [0.05, 0.1) is 5.92 Å². The zero-order chi connectivity index (χ0) is 17.9. The van der Waals surface area contributed by atoms with Crippen LogP contribution in [0.4, 0.5) is 19.1 Å². The first-order valence-electron chi connectivity index (χ1n) is 8.88. The van der Waals surface area contributed by atoms with Crippen LogP contribution in [0.3, 0.4) is 0 Å². The summed E-state index contributed by atoms with van der Waals surface area (Å²) in [5.41, 5.74) is 13.2. The summed E-state index contributed by atoms with van der Waals surface area (Å²) in [5.74, 6) is -0.719. The van der Waals surface area contributed by atoms with Crippen molar-refractivity contribution in [1.29, 1.82) is 0 Å². The molecule has 0 radical (unpaired) electrons. The highest BCUT2D eigenvalue weighted by Crippen LogP contribution is 2.62. The first-order chi connectivity index (χ1) is 11.7. The predicted molar refractivity (Wildman–Crippen MR) is 87.8 cm³/mol. The van der Waals surface area contributed by atoms with Crippen LogP contribution in [0.5, 0.6) is 0 Å². The van der Waals surface area contributed by atoms with E-state index >= 15 is 0 Å². The third-order valence-corrected chi connectivity index (χ3v) is 6.23. The van der Waals surface area contributed by atoms with Crippen LogP contribution in [-0.2, 0) is 5.54 Å². The molecule has 1 aliphatic heterocycles. The van der Waals surface area contributed by atoms with E-state index in [2.05, 4.69) is 9.97 Å². The molecule has 2 heterocycles. The van der Waals surface area contributed by atoms with Gasteiger partial charge >= 0.3 is 6.18 Å². The quantitative estimate of drug-likeness (QED) is 0.851. The van der Waals surface area contributed by atoms with Crippen molar-refractivity contribution in [3.05, 3.63) is 18.0 Å². The Kier molecular flexibility index (Phi) is 3.77. The van der Waals surface area contributed by atoms with Gasteiger partial charge in [0.25, 0.3) is 0 Å². The van der Waals surface area contributed by atoms with E-state index in [-0.39, 0.29) is 18.4 Å². The molecule has 0 unspecified atom stereocenters. The number of anilines is 1. The van der Waals surface area contributed by atoms with E-state index < -0.39 is 12.1 Å². The Morgan fingerprint density at radius 2 is 1.64 bits per heavy atom. The molecular formula is C17H24F3N5. The fourth-order valence-electron chi connectivity index (χ4n) is 4.98. The van der Waals surface area contributed by atoms with Crippen molar-refractivity contribution in [3.63, 3.8) is 0 Å². The smallest absolute Gasteiger partial charge is 0.341 e. The molecule has 0 atom stereocenters. The van der Waals surface area contributed by atoms with Gasteiger partial charge in [0, 0.05) is 42.6 Å². The Labute approximate surface area is 145 Å². The number of halogens is 3. The molecule has 4 rings (SSSR count). The third-order valence-electron chi connectivity index (χ3n) is 6.23. The van der Waals surface area contributed by atoms with Crippen molar-refractivity contribution < 1.29 is 13.2 Å². The summed E-state index contributed by atoms with van der Waals surface area (Å²) < 4.78 is 38.2. The average Bonchev–Trinajstić information content (AvgIpc) is 2.51. The summed E-state index contributed by atoms with van der Waals surface area (Å²) in [7, 11) is 0. The molecule has 2 aliphatic carbocycles. The van der Waals surface area contributed by atoms with Crippen LogP contribution in [0, 0.1) is 11.3 Å². The van der Waals surface area contributed by atoms with Crippen molar-refractivity contribution in [2.45, 2.75) is 56.3 Å². The Morgan fingerprint density at radius 3 is 2.12 bits per heavy atom. The van der Waals surface area contributed by atoms with Gasteiger partial charge in [-0.05, 0) is 43.9 Å². The lowest BCUT2D eigenvalue weighted by Gasteiger charge is -2.61. The fraction of sp³-hybridized carbons (Fsp3) is 0.765. The topological polar surface area (TPSA) is 81.1 Å². The molecule has 3 aliphatic rings. The van der Waals surface area contributed by atoms with Crippen LogP contribution in [0.1, 0.15) is 44.1 Å². The SMILES string of the molecule is NC1CC2(C1)CC(N)(c1cnc(N3CCC(C(F)(F)F)CC3)nc1)C2. The van der Waals surface area contributed by atoms with Crippen molar-refractivity contribution in [1.82, 2.24) is 9.97 Å². The Bertz CT molecular complexity index is 623. The number of nitrogens with two attached hydrogens (primary N) is 2. The zero-order valence-electron chi connectivity index (χ0n) is 14.1. The lowest BCUT2D eigenvalue weighted by molar-refractivity contribution is -0.179. The largest absolute Gasteiger partial charge is 0.391 e. The molecule has 138 valence electrons. The molecule has 3 fully saturated rings. The van der Waals surface area contributed by atoms with Gasteiger partial charge in [-0.1, -0.05) is 0 Å². The highest BCUT2D eigenvalue weighted by molar-refractivity contribution is 5.34. The van der Waals surface area contributed by atoms with E-state index in [0.717, 1.165) is 31.2 Å². The molecule has 0 bridgehead atoms. The first-order valence-corrected chi connectivity index (χ1v) is 8.88. The van der Waals surface area contributed by atoms with E-state index in [9.17, 15) is 13.2 Å². The molecule has 1 aromatic rings. The summed E-state index contributed by atoms with van der Waals surface area (Å²) in [4.78, 5) is 10.6.